The van der Waals surface area contributed by atoms with E-state index in [1.807, 2.05) is 0 Å². The maximum absolute atomic E-state index is 10.3. The predicted molar refractivity (Wildman–Crippen MR) is 48.3 cm³/mol. The number of thiol groups is 1. The van der Waals surface area contributed by atoms with Crippen molar-refractivity contribution in [3.05, 3.63) is 0 Å². The lowest BCUT2D eigenvalue weighted by Crippen LogP contribution is -2.32. The second-order valence-corrected chi connectivity index (χ2v) is 1.68. The van der Waals surface area contributed by atoms with Gasteiger partial charge < -0.3 is 10.5 Å². The van der Waals surface area contributed by atoms with Crippen LogP contribution in [0.25, 0.3) is 0 Å². The minimum atomic E-state index is -0.580. The van der Waals surface area contributed by atoms with E-state index in [1.54, 1.807) is 0 Å². The number of nitrogens with two attached hydrogens (primary N) is 1. The van der Waals surface area contributed by atoms with Gasteiger partial charge >= 0.3 is 5.97 Å². The SMILES string of the molecule is COC(=O)C(N)CS.Cl.Cl. The molecule has 2 N–H and O–H groups in total. The summed E-state index contributed by atoms with van der Waals surface area (Å²) in [5, 5.41) is 0. The van der Waals surface area contributed by atoms with E-state index in [-0.39, 0.29) is 24.8 Å². The Balaban J connectivity index is -0.000000245. The van der Waals surface area contributed by atoms with Gasteiger partial charge in [0.1, 0.15) is 6.04 Å². The first-order chi connectivity index (χ1) is 3.72. The quantitative estimate of drug-likeness (QED) is 0.505. The molecular formula is C4H11Cl2NO2S. The van der Waals surface area contributed by atoms with E-state index in [2.05, 4.69) is 17.4 Å². The van der Waals surface area contributed by atoms with Crippen molar-refractivity contribution in [1.82, 2.24) is 0 Å². The van der Waals surface area contributed by atoms with Gasteiger partial charge in [-0.1, -0.05) is 0 Å². The zero-order chi connectivity index (χ0) is 6.57. The Kier molecular flexibility index (Phi) is 15.7. The Morgan fingerprint density at radius 3 is 2.20 bits per heavy atom. The molecule has 0 radical (unpaired) electrons. The molecule has 64 valence electrons. The lowest BCUT2D eigenvalue weighted by molar-refractivity contribution is -0.141. The number of carbonyl (C=O) groups is 1. The first-order valence-electron chi connectivity index (χ1n) is 2.16. The lowest BCUT2D eigenvalue weighted by Gasteiger charge is -2.02. The van der Waals surface area contributed by atoms with Crippen LogP contribution in [0.5, 0.6) is 0 Å². The highest BCUT2D eigenvalue weighted by atomic mass is 35.5. The number of halogens is 2. The molecule has 0 fully saturated rings. The van der Waals surface area contributed by atoms with Crippen LogP contribution in [-0.2, 0) is 9.53 Å². The predicted octanol–water partition coefficient (Wildman–Crippen LogP) is 0.260. The van der Waals surface area contributed by atoms with Crippen LogP contribution in [0.4, 0.5) is 0 Å². The highest BCUT2D eigenvalue weighted by molar-refractivity contribution is 7.80. The van der Waals surface area contributed by atoms with Crippen molar-refractivity contribution in [3.8, 4) is 0 Å². The largest absolute Gasteiger partial charge is 0.468 e. The summed E-state index contributed by atoms with van der Waals surface area (Å²) >= 11 is 3.78. The molecule has 6 heteroatoms. The molecule has 0 spiro atoms. The smallest absolute Gasteiger partial charge is 0.323 e. The summed E-state index contributed by atoms with van der Waals surface area (Å²) in [5.41, 5.74) is 5.18. The fourth-order valence-electron chi connectivity index (χ4n) is 0.226. The van der Waals surface area contributed by atoms with Gasteiger partial charge in [-0.25, -0.2) is 0 Å². The zero-order valence-electron chi connectivity index (χ0n) is 5.44. The molecule has 1 atom stereocenters. The zero-order valence-corrected chi connectivity index (χ0v) is 7.97. The fraction of sp³-hybridized carbons (Fsp3) is 0.750. The summed E-state index contributed by atoms with van der Waals surface area (Å²) in [4.78, 5) is 10.3. The average Bonchev–Trinajstić information content (AvgIpc) is 1.84. The first-order valence-corrected chi connectivity index (χ1v) is 2.80. The van der Waals surface area contributed by atoms with Crippen LogP contribution in [-0.4, -0.2) is 24.9 Å². The van der Waals surface area contributed by atoms with Crippen LogP contribution >= 0.6 is 37.4 Å². The van der Waals surface area contributed by atoms with Crippen molar-refractivity contribution in [1.29, 1.82) is 0 Å². The summed E-state index contributed by atoms with van der Waals surface area (Å²) in [6.07, 6.45) is 0. The monoisotopic (exact) mass is 207 g/mol. The third-order valence-electron chi connectivity index (χ3n) is 0.701. The van der Waals surface area contributed by atoms with Crippen molar-refractivity contribution in [2.45, 2.75) is 6.04 Å². The molecule has 0 saturated heterocycles. The summed E-state index contributed by atoms with van der Waals surface area (Å²) < 4.78 is 4.29. The van der Waals surface area contributed by atoms with Gasteiger partial charge in [-0.05, 0) is 0 Å². The Hall–Kier alpha value is 0.360. The second kappa shape index (κ2) is 9.36. The van der Waals surface area contributed by atoms with Gasteiger partial charge in [-0.15, -0.1) is 24.8 Å². The summed E-state index contributed by atoms with van der Waals surface area (Å²) in [6, 6.07) is -0.580. The molecule has 0 heterocycles. The highest BCUT2D eigenvalue weighted by Gasteiger charge is 2.09. The first kappa shape index (κ1) is 16.8. The van der Waals surface area contributed by atoms with E-state index in [0.717, 1.165) is 0 Å². The molecule has 3 nitrogen and oxygen atoms in total. The van der Waals surface area contributed by atoms with E-state index in [9.17, 15) is 4.79 Å². The van der Waals surface area contributed by atoms with E-state index in [4.69, 9.17) is 5.73 Å². The van der Waals surface area contributed by atoms with Gasteiger partial charge in [0, 0.05) is 5.75 Å². The van der Waals surface area contributed by atoms with Gasteiger partial charge in [0.2, 0.25) is 0 Å². The van der Waals surface area contributed by atoms with Crippen LogP contribution in [0.2, 0.25) is 0 Å². The number of carbonyl (C=O) groups excluding carboxylic acids is 1. The maximum Gasteiger partial charge on any atom is 0.323 e. The van der Waals surface area contributed by atoms with Gasteiger partial charge in [-0.2, -0.15) is 12.6 Å². The van der Waals surface area contributed by atoms with Crippen LogP contribution in [0.1, 0.15) is 0 Å². The van der Waals surface area contributed by atoms with E-state index >= 15 is 0 Å². The van der Waals surface area contributed by atoms with E-state index in [1.165, 1.54) is 7.11 Å². The van der Waals surface area contributed by atoms with Crippen LogP contribution in [0, 0.1) is 0 Å². The number of ether oxygens (including phenoxy) is 1. The summed E-state index contributed by atoms with van der Waals surface area (Å²) in [5.74, 6) is -0.0906. The molecule has 10 heavy (non-hydrogen) atoms. The Labute approximate surface area is 77.9 Å². The number of hydrogen-bond acceptors (Lipinski definition) is 4. The molecule has 1 unspecified atom stereocenters. The highest BCUT2D eigenvalue weighted by Crippen LogP contribution is 1.84. The van der Waals surface area contributed by atoms with Crippen LogP contribution in [0.15, 0.2) is 0 Å². The van der Waals surface area contributed by atoms with Gasteiger partial charge in [0.15, 0.2) is 0 Å². The minimum absolute atomic E-state index is 0. The molecule has 0 saturated carbocycles. The molecule has 0 rings (SSSR count). The molecule has 0 bridgehead atoms. The number of esters is 1. The maximum atomic E-state index is 10.3. The molecule has 0 aliphatic heterocycles. The Morgan fingerprint density at radius 1 is 1.70 bits per heavy atom. The number of rotatable bonds is 2. The lowest BCUT2D eigenvalue weighted by atomic mass is 10.4. The summed E-state index contributed by atoms with van der Waals surface area (Å²) in [6.45, 7) is 0. The van der Waals surface area contributed by atoms with Gasteiger partial charge in [-0.3, -0.25) is 4.79 Å². The van der Waals surface area contributed by atoms with Crippen LogP contribution < -0.4 is 5.73 Å². The van der Waals surface area contributed by atoms with Gasteiger partial charge in [0.05, 0.1) is 7.11 Å². The molecule has 0 aliphatic rings. The van der Waals surface area contributed by atoms with Crippen molar-refractivity contribution in [2.75, 3.05) is 12.9 Å². The molecular weight excluding hydrogens is 197 g/mol. The summed E-state index contributed by atoms with van der Waals surface area (Å²) in [7, 11) is 1.30. The Bertz CT molecular complexity index is 93.3. The molecule has 0 aromatic rings. The molecule has 0 aromatic heterocycles. The molecule has 0 amide bonds. The standard InChI is InChI=1S/C4H9NO2S.2ClH/c1-7-4(6)3(5)2-8;;/h3,8H,2,5H2,1H3;2*1H. The van der Waals surface area contributed by atoms with E-state index < -0.39 is 12.0 Å². The Morgan fingerprint density at radius 2 is 2.10 bits per heavy atom. The van der Waals surface area contributed by atoms with Crippen LogP contribution in [0.3, 0.4) is 0 Å². The molecule has 0 aliphatic carbocycles. The third kappa shape index (κ3) is 6.48. The number of hydrogen-bond donors (Lipinski definition) is 2. The fourth-order valence-corrected chi connectivity index (χ4v) is 0.375. The van der Waals surface area contributed by atoms with Crippen molar-refractivity contribution < 1.29 is 9.53 Å². The normalized spacial score (nSPS) is 10.3. The third-order valence-corrected chi connectivity index (χ3v) is 1.09. The van der Waals surface area contributed by atoms with Crippen molar-refractivity contribution in [3.63, 3.8) is 0 Å². The second-order valence-electron chi connectivity index (χ2n) is 1.31. The minimum Gasteiger partial charge on any atom is -0.468 e. The van der Waals surface area contributed by atoms with E-state index in [0.29, 0.717) is 5.75 Å². The van der Waals surface area contributed by atoms with Gasteiger partial charge in [0.25, 0.3) is 0 Å². The van der Waals surface area contributed by atoms with Crippen molar-refractivity contribution in [2.24, 2.45) is 5.73 Å². The average molecular weight is 208 g/mol. The number of methoxy groups -OCH3 is 1. The topological polar surface area (TPSA) is 52.3 Å². The molecule has 0 aromatic carbocycles. The van der Waals surface area contributed by atoms with Crippen molar-refractivity contribution >= 4 is 43.4 Å².